The van der Waals surface area contributed by atoms with Crippen LogP contribution in [0.3, 0.4) is 0 Å². The Kier molecular flexibility index (Phi) is 3.15. The fourth-order valence-corrected chi connectivity index (χ4v) is 1.73. The number of likely N-dealkylation sites (N-methyl/N-ethyl adjacent to an activating group) is 2. The molecule has 0 aliphatic rings. The SMILES string of the molecule is CNCCN(C)c1cc2cc(C)ccc2o1. The number of fused-ring (bicyclic) bond motifs is 1. The van der Waals surface area contributed by atoms with E-state index in [1.807, 2.05) is 20.2 Å². The summed E-state index contributed by atoms with van der Waals surface area (Å²) >= 11 is 0. The number of benzene rings is 1. The summed E-state index contributed by atoms with van der Waals surface area (Å²) in [4.78, 5) is 2.12. The third kappa shape index (κ3) is 2.19. The van der Waals surface area contributed by atoms with Gasteiger partial charge < -0.3 is 14.6 Å². The Morgan fingerprint density at radius 2 is 2.12 bits per heavy atom. The number of hydrogen-bond donors (Lipinski definition) is 1. The van der Waals surface area contributed by atoms with Crippen LogP contribution in [0.4, 0.5) is 5.88 Å². The van der Waals surface area contributed by atoms with Crippen molar-refractivity contribution in [2.75, 3.05) is 32.1 Å². The van der Waals surface area contributed by atoms with Gasteiger partial charge in [0.05, 0.1) is 0 Å². The molecule has 1 aromatic carbocycles. The normalized spacial score (nSPS) is 10.9. The fourth-order valence-electron chi connectivity index (χ4n) is 1.73. The quantitative estimate of drug-likeness (QED) is 0.854. The van der Waals surface area contributed by atoms with Crippen LogP contribution in [0.25, 0.3) is 11.0 Å². The minimum Gasteiger partial charge on any atom is -0.441 e. The summed E-state index contributed by atoms with van der Waals surface area (Å²) in [6.07, 6.45) is 0. The molecule has 1 heterocycles. The van der Waals surface area contributed by atoms with E-state index in [1.54, 1.807) is 0 Å². The van der Waals surface area contributed by atoms with Gasteiger partial charge in [0.15, 0.2) is 5.88 Å². The molecule has 0 unspecified atom stereocenters. The molecule has 2 aromatic rings. The van der Waals surface area contributed by atoms with Crippen molar-refractivity contribution in [1.29, 1.82) is 0 Å². The van der Waals surface area contributed by atoms with Crippen molar-refractivity contribution in [3.8, 4) is 0 Å². The van der Waals surface area contributed by atoms with Gasteiger partial charge in [0.2, 0.25) is 0 Å². The molecule has 0 bridgehead atoms. The molecule has 1 aromatic heterocycles. The van der Waals surface area contributed by atoms with Crippen LogP contribution in [-0.4, -0.2) is 27.2 Å². The maximum Gasteiger partial charge on any atom is 0.196 e. The number of nitrogens with one attached hydrogen (secondary N) is 1. The Bertz CT molecular complexity index is 476. The van der Waals surface area contributed by atoms with E-state index in [4.69, 9.17) is 4.42 Å². The van der Waals surface area contributed by atoms with Gasteiger partial charge in [-0.3, -0.25) is 0 Å². The van der Waals surface area contributed by atoms with Gasteiger partial charge in [0.25, 0.3) is 0 Å². The van der Waals surface area contributed by atoms with Crippen molar-refractivity contribution < 1.29 is 4.42 Å². The molecular weight excluding hydrogens is 200 g/mol. The lowest BCUT2D eigenvalue weighted by molar-refractivity contribution is 0.592. The average molecular weight is 218 g/mol. The zero-order valence-corrected chi connectivity index (χ0v) is 10.1. The number of anilines is 1. The first-order valence-corrected chi connectivity index (χ1v) is 5.56. The number of furan rings is 1. The van der Waals surface area contributed by atoms with Crippen LogP contribution in [0.15, 0.2) is 28.7 Å². The molecule has 0 spiro atoms. The van der Waals surface area contributed by atoms with Gasteiger partial charge >= 0.3 is 0 Å². The van der Waals surface area contributed by atoms with Gasteiger partial charge in [-0.25, -0.2) is 0 Å². The molecule has 0 amide bonds. The average Bonchev–Trinajstić information content (AvgIpc) is 2.68. The minimum atomic E-state index is 0.927. The van der Waals surface area contributed by atoms with Crippen molar-refractivity contribution in [1.82, 2.24) is 5.32 Å². The first-order chi connectivity index (χ1) is 7.70. The molecule has 0 radical (unpaired) electrons. The Labute approximate surface area is 96.0 Å². The molecule has 16 heavy (non-hydrogen) atoms. The van der Waals surface area contributed by atoms with Crippen LogP contribution >= 0.6 is 0 Å². The lowest BCUT2D eigenvalue weighted by Gasteiger charge is -2.14. The Balaban J connectivity index is 2.25. The zero-order valence-electron chi connectivity index (χ0n) is 10.1. The second-order valence-electron chi connectivity index (χ2n) is 4.15. The predicted molar refractivity (Wildman–Crippen MR) is 68.1 cm³/mol. The number of rotatable bonds is 4. The Morgan fingerprint density at radius 1 is 1.31 bits per heavy atom. The lowest BCUT2D eigenvalue weighted by Crippen LogP contribution is -2.26. The lowest BCUT2D eigenvalue weighted by atomic mass is 10.2. The standard InChI is InChI=1S/C13H18N2O/c1-10-4-5-12-11(8-10)9-13(16-12)15(3)7-6-14-2/h4-5,8-9,14H,6-7H2,1-3H3. The summed E-state index contributed by atoms with van der Waals surface area (Å²) in [5.74, 6) is 0.927. The van der Waals surface area contributed by atoms with Gasteiger partial charge in [-0.2, -0.15) is 0 Å². The topological polar surface area (TPSA) is 28.4 Å². The number of hydrogen-bond acceptors (Lipinski definition) is 3. The van der Waals surface area contributed by atoms with Gasteiger partial charge in [-0.15, -0.1) is 0 Å². The Hall–Kier alpha value is -1.48. The highest BCUT2D eigenvalue weighted by Crippen LogP contribution is 2.25. The van der Waals surface area contributed by atoms with Crippen molar-refractivity contribution in [2.45, 2.75) is 6.92 Å². The molecule has 2 rings (SSSR count). The second-order valence-corrected chi connectivity index (χ2v) is 4.15. The third-order valence-electron chi connectivity index (χ3n) is 2.73. The van der Waals surface area contributed by atoms with E-state index < -0.39 is 0 Å². The van der Waals surface area contributed by atoms with E-state index in [0.717, 1.165) is 24.6 Å². The molecule has 0 atom stereocenters. The highest BCUT2D eigenvalue weighted by atomic mass is 16.4. The molecule has 3 heteroatoms. The summed E-state index contributed by atoms with van der Waals surface area (Å²) in [6.45, 7) is 3.98. The maximum atomic E-state index is 5.78. The summed E-state index contributed by atoms with van der Waals surface area (Å²) in [7, 11) is 4.00. The van der Waals surface area contributed by atoms with Crippen LogP contribution in [0, 0.1) is 6.92 Å². The predicted octanol–water partition coefficient (Wildman–Crippen LogP) is 2.40. The molecule has 0 fully saturated rings. The van der Waals surface area contributed by atoms with Crippen molar-refractivity contribution in [3.05, 3.63) is 29.8 Å². The van der Waals surface area contributed by atoms with Crippen molar-refractivity contribution in [2.24, 2.45) is 0 Å². The van der Waals surface area contributed by atoms with Crippen LogP contribution in [0.2, 0.25) is 0 Å². The summed E-state index contributed by atoms with van der Waals surface area (Å²) in [5, 5.41) is 4.30. The first-order valence-electron chi connectivity index (χ1n) is 5.56. The van der Waals surface area contributed by atoms with Gasteiger partial charge in [-0.1, -0.05) is 11.6 Å². The Morgan fingerprint density at radius 3 is 2.88 bits per heavy atom. The molecule has 0 saturated heterocycles. The maximum absolute atomic E-state index is 5.78. The summed E-state index contributed by atoms with van der Waals surface area (Å²) in [6, 6.07) is 8.34. The third-order valence-corrected chi connectivity index (χ3v) is 2.73. The van der Waals surface area contributed by atoms with E-state index in [1.165, 1.54) is 10.9 Å². The van der Waals surface area contributed by atoms with Crippen LogP contribution in [0.5, 0.6) is 0 Å². The van der Waals surface area contributed by atoms with E-state index in [-0.39, 0.29) is 0 Å². The minimum absolute atomic E-state index is 0.927. The first kappa shape index (κ1) is 11.0. The largest absolute Gasteiger partial charge is 0.441 e. The van der Waals surface area contributed by atoms with Crippen molar-refractivity contribution >= 4 is 16.9 Å². The molecule has 1 N–H and O–H groups in total. The van der Waals surface area contributed by atoms with Crippen LogP contribution in [-0.2, 0) is 0 Å². The highest BCUT2D eigenvalue weighted by Gasteiger charge is 2.07. The van der Waals surface area contributed by atoms with E-state index in [2.05, 4.69) is 35.3 Å². The monoisotopic (exact) mass is 218 g/mol. The van der Waals surface area contributed by atoms with E-state index in [0.29, 0.717) is 0 Å². The van der Waals surface area contributed by atoms with Gasteiger partial charge in [0.1, 0.15) is 5.58 Å². The fraction of sp³-hybridized carbons (Fsp3) is 0.385. The van der Waals surface area contributed by atoms with Crippen molar-refractivity contribution in [3.63, 3.8) is 0 Å². The van der Waals surface area contributed by atoms with E-state index in [9.17, 15) is 0 Å². The molecular formula is C13H18N2O. The number of aryl methyl sites for hydroxylation is 1. The van der Waals surface area contributed by atoms with Crippen LogP contribution < -0.4 is 10.2 Å². The second kappa shape index (κ2) is 4.58. The molecule has 0 aliphatic heterocycles. The number of nitrogens with zero attached hydrogens (tertiary/aromatic N) is 1. The smallest absolute Gasteiger partial charge is 0.196 e. The van der Waals surface area contributed by atoms with Gasteiger partial charge in [-0.05, 0) is 26.1 Å². The van der Waals surface area contributed by atoms with Gasteiger partial charge in [0, 0.05) is 31.6 Å². The van der Waals surface area contributed by atoms with E-state index >= 15 is 0 Å². The summed E-state index contributed by atoms with van der Waals surface area (Å²) < 4.78 is 5.78. The molecule has 0 saturated carbocycles. The summed E-state index contributed by atoms with van der Waals surface area (Å²) in [5.41, 5.74) is 2.22. The van der Waals surface area contributed by atoms with Crippen LogP contribution in [0.1, 0.15) is 5.56 Å². The molecule has 0 aliphatic carbocycles. The molecule has 86 valence electrons. The highest BCUT2D eigenvalue weighted by molar-refractivity contribution is 5.81. The molecule has 3 nitrogen and oxygen atoms in total. The zero-order chi connectivity index (χ0) is 11.5.